The van der Waals surface area contributed by atoms with Crippen LogP contribution in [0.15, 0.2) is 188 Å². The van der Waals surface area contributed by atoms with Crippen molar-refractivity contribution < 1.29 is 0 Å². The number of hydrogen-bond donors (Lipinski definition) is 0. The molecule has 3 aliphatic rings. The molecule has 248 valence electrons. The zero-order valence-electron chi connectivity index (χ0n) is 29.4. The lowest BCUT2D eigenvalue weighted by molar-refractivity contribution is 0.734. The number of fused-ring (bicyclic) bond motifs is 13. The summed E-state index contributed by atoms with van der Waals surface area (Å²) in [6.45, 7) is -0.0364. The first-order valence-corrected chi connectivity index (χ1v) is 19.0. The monoisotopic (exact) mass is 682 g/mol. The van der Waals surface area contributed by atoms with Crippen molar-refractivity contribution in [3.63, 3.8) is 0 Å². The zero-order chi connectivity index (χ0) is 35.1. The summed E-state index contributed by atoms with van der Waals surface area (Å²) >= 11 is 0. The lowest BCUT2D eigenvalue weighted by Crippen LogP contribution is -2.62. The van der Waals surface area contributed by atoms with E-state index in [1.54, 1.807) is 0 Å². The third kappa shape index (κ3) is 3.31. The van der Waals surface area contributed by atoms with Crippen LogP contribution >= 0.6 is 0 Å². The average Bonchev–Trinajstić information content (AvgIpc) is 3.59. The van der Waals surface area contributed by atoms with Crippen molar-refractivity contribution in [3.05, 3.63) is 210 Å². The van der Waals surface area contributed by atoms with Crippen LogP contribution in [-0.4, -0.2) is 11.4 Å². The Kier molecular flexibility index (Phi) is 5.42. The van der Waals surface area contributed by atoms with Gasteiger partial charge in [-0.1, -0.05) is 170 Å². The van der Waals surface area contributed by atoms with E-state index in [-0.39, 0.29) is 6.85 Å². The third-order valence-corrected chi connectivity index (χ3v) is 12.8. The third-order valence-electron chi connectivity index (χ3n) is 12.8. The first kappa shape index (κ1) is 28.7. The van der Waals surface area contributed by atoms with Crippen molar-refractivity contribution in [2.75, 3.05) is 4.81 Å². The van der Waals surface area contributed by atoms with Crippen LogP contribution < -0.4 is 15.7 Å². The standard InChI is InChI=1S/C51H31BN2/c1-3-17-34(18-4-1)51(35-19-5-2-6-20-35)40-25-11-12-28-43(40)54-49-39(23-13-26-41(49)51)47-37-22-10-8-16-33(37)31-45-48(47)52(54)42-27-14-24-38-46-36-21-9-7-15-32(36)29-30-44(46)53(45)50(38)42/h1-31H. The molecule has 10 aromatic rings. The molecular formula is C51H31BN2. The normalized spacial score (nSPS) is 14.4. The van der Waals surface area contributed by atoms with E-state index in [1.165, 1.54) is 105 Å². The van der Waals surface area contributed by atoms with E-state index in [4.69, 9.17) is 0 Å². The number of rotatable bonds is 2. The van der Waals surface area contributed by atoms with E-state index >= 15 is 0 Å². The maximum atomic E-state index is 2.72. The molecule has 4 heterocycles. The zero-order valence-corrected chi connectivity index (χ0v) is 29.4. The van der Waals surface area contributed by atoms with E-state index in [0.29, 0.717) is 0 Å². The quantitative estimate of drug-likeness (QED) is 0.165. The highest BCUT2D eigenvalue weighted by molar-refractivity contribution is 6.94. The minimum Gasteiger partial charge on any atom is -0.376 e. The molecule has 0 N–H and O–H groups in total. The molecule has 0 bridgehead atoms. The molecular weight excluding hydrogens is 651 g/mol. The largest absolute Gasteiger partial charge is 0.376 e. The number of aromatic nitrogens is 1. The predicted molar refractivity (Wildman–Crippen MR) is 227 cm³/mol. The molecule has 3 heteroatoms. The molecule has 0 aliphatic carbocycles. The first-order valence-electron chi connectivity index (χ1n) is 19.0. The highest BCUT2D eigenvalue weighted by Crippen LogP contribution is 2.60. The molecule has 9 aromatic carbocycles. The van der Waals surface area contributed by atoms with Crippen molar-refractivity contribution in [2.45, 2.75) is 5.41 Å². The van der Waals surface area contributed by atoms with Crippen LogP contribution in [-0.2, 0) is 5.41 Å². The minimum absolute atomic E-state index is 0.0364. The van der Waals surface area contributed by atoms with Gasteiger partial charge in [0.25, 0.3) is 0 Å². The molecule has 0 saturated carbocycles. The van der Waals surface area contributed by atoms with Crippen LogP contribution in [0.2, 0.25) is 0 Å². The van der Waals surface area contributed by atoms with Gasteiger partial charge >= 0.3 is 6.85 Å². The second-order valence-electron chi connectivity index (χ2n) is 15.1. The molecule has 13 rings (SSSR count). The average molecular weight is 683 g/mol. The van der Waals surface area contributed by atoms with Crippen molar-refractivity contribution in [1.29, 1.82) is 0 Å². The van der Waals surface area contributed by atoms with Crippen LogP contribution in [0.5, 0.6) is 0 Å². The number of para-hydroxylation sites is 3. The Morgan fingerprint density at radius 1 is 0.463 bits per heavy atom. The second-order valence-corrected chi connectivity index (χ2v) is 15.1. The molecule has 0 spiro atoms. The van der Waals surface area contributed by atoms with E-state index in [0.717, 1.165) is 0 Å². The Morgan fingerprint density at radius 3 is 1.93 bits per heavy atom. The fourth-order valence-corrected chi connectivity index (χ4v) is 10.9. The van der Waals surface area contributed by atoms with Gasteiger partial charge in [-0.3, -0.25) is 0 Å². The first-order chi connectivity index (χ1) is 26.8. The molecule has 2 nitrogen and oxygen atoms in total. The van der Waals surface area contributed by atoms with Crippen LogP contribution in [0.25, 0.3) is 60.2 Å². The van der Waals surface area contributed by atoms with Gasteiger partial charge in [-0.2, -0.15) is 0 Å². The Labute approximate surface area is 313 Å². The molecule has 54 heavy (non-hydrogen) atoms. The van der Waals surface area contributed by atoms with Crippen LogP contribution in [0.1, 0.15) is 22.3 Å². The van der Waals surface area contributed by atoms with E-state index < -0.39 is 5.41 Å². The van der Waals surface area contributed by atoms with Crippen molar-refractivity contribution in [1.82, 2.24) is 4.57 Å². The van der Waals surface area contributed by atoms with Crippen LogP contribution in [0.3, 0.4) is 0 Å². The number of nitrogens with zero attached hydrogens (tertiary/aromatic N) is 2. The molecule has 0 fully saturated rings. The summed E-state index contributed by atoms with van der Waals surface area (Å²) in [7, 11) is 0. The molecule has 1 aromatic heterocycles. The maximum Gasteiger partial charge on any atom is 0.333 e. The molecule has 0 radical (unpaired) electrons. The summed E-state index contributed by atoms with van der Waals surface area (Å²) in [4.78, 5) is 2.72. The van der Waals surface area contributed by atoms with E-state index in [9.17, 15) is 0 Å². The van der Waals surface area contributed by atoms with Gasteiger partial charge in [0.2, 0.25) is 0 Å². The number of anilines is 2. The molecule has 0 amide bonds. The van der Waals surface area contributed by atoms with Crippen molar-refractivity contribution >= 4 is 72.5 Å². The maximum absolute atomic E-state index is 2.72. The second kappa shape index (κ2) is 10.2. The van der Waals surface area contributed by atoms with Crippen molar-refractivity contribution in [2.24, 2.45) is 0 Å². The van der Waals surface area contributed by atoms with Gasteiger partial charge in [-0.25, -0.2) is 0 Å². The molecule has 0 saturated heterocycles. The fourth-order valence-electron chi connectivity index (χ4n) is 10.9. The predicted octanol–water partition coefficient (Wildman–Crippen LogP) is 11.0. The Morgan fingerprint density at radius 2 is 1.11 bits per heavy atom. The lowest BCUT2D eigenvalue weighted by Gasteiger charge is -2.52. The smallest absolute Gasteiger partial charge is 0.333 e. The number of hydrogen-bond acceptors (Lipinski definition) is 1. The van der Waals surface area contributed by atoms with Gasteiger partial charge in [0.15, 0.2) is 0 Å². The lowest BCUT2D eigenvalue weighted by atomic mass is 9.42. The van der Waals surface area contributed by atoms with Gasteiger partial charge in [-0.15, -0.1) is 0 Å². The molecule has 0 atom stereocenters. The van der Waals surface area contributed by atoms with E-state index in [2.05, 4.69) is 197 Å². The Balaban J connectivity index is 1.26. The van der Waals surface area contributed by atoms with Crippen LogP contribution in [0.4, 0.5) is 11.4 Å². The minimum atomic E-state index is -0.527. The highest BCUT2D eigenvalue weighted by atomic mass is 15.1. The summed E-state index contributed by atoms with van der Waals surface area (Å²) in [5, 5.41) is 7.78. The topological polar surface area (TPSA) is 8.17 Å². The van der Waals surface area contributed by atoms with Gasteiger partial charge in [-0.05, 0) is 78.5 Å². The molecule has 3 aliphatic heterocycles. The van der Waals surface area contributed by atoms with Crippen LogP contribution in [0, 0.1) is 0 Å². The van der Waals surface area contributed by atoms with Gasteiger partial charge in [0, 0.05) is 33.4 Å². The summed E-state index contributed by atoms with van der Waals surface area (Å²) in [6, 6.07) is 70.8. The van der Waals surface area contributed by atoms with E-state index in [1.807, 2.05) is 0 Å². The summed E-state index contributed by atoms with van der Waals surface area (Å²) < 4.78 is 2.59. The summed E-state index contributed by atoms with van der Waals surface area (Å²) in [5.41, 5.74) is 16.4. The Bertz CT molecular complexity index is 3190. The van der Waals surface area contributed by atoms with Crippen molar-refractivity contribution in [3.8, 4) is 16.8 Å². The van der Waals surface area contributed by atoms with Gasteiger partial charge in [0.1, 0.15) is 0 Å². The highest BCUT2D eigenvalue weighted by Gasteiger charge is 2.53. The summed E-state index contributed by atoms with van der Waals surface area (Å²) in [6.07, 6.45) is 0. The molecule has 0 unspecified atom stereocenters. The Hall–Kier alpha value is -6.84. The fraction of sp³-hybridized carbons (Fsp3) is 0.0196. The SMILES string of the molecule is c1ccc(C2(c3ccccc3)c3ccccc3N3B4c5c(cc6ccccc6c5-c5cccc2c53)-n2c3ccc5ccccc5c3c3cccc4c32)cc1. The van der Waals surface area contributed by atoms with Gasteiger partial charge < -0.3 is 9.38 Å². The summed E-state index contributed by atoms with van der Waals surface area (Å²) in [5.74, 6) is 0. The van der Waals surface area contributed by atoms with Gasteiger partial charge in [0.05, 0.1) is 16.4 Å². The number of benzene rings is 9.